The Morgan fingerprint density at radius 3 is 2.77 bits per heavy atom. The molecule has 0 spiro atoms. The molecular weight excluding hydrogens is 168 g/mol. The zero-order valence-corrected chi connectivity index (χ0v) is 7.49. The topological polar surface area (TPSA) is 69.2 Å². The van der Waals surface area contributed by atoms with Crippen molar-refractivity contribution in [2.45, 2.75) is 19.8 Å². The van der Waals surface area contributed by atoms with Gasteiger partial charge in [-0.05, 0) is 18.6 Å². The summed E-state index contributed by atoms with van der Waals surface area (Å²) in [4.78, 5) is 10.2. The zero-order valence-electron chi connectivity index (χ0n) is 7.49. The third-order valence-electron chi connectivity index (χ3n) is 1.82. The molecule has 1 aromatic rings. The Hall–Kier alpha value is -1.58. The van der Waals surface area contributed by atoms with Crippen molar-refractivity contribution in [2.24, 2.45) is 0 Å². The molecule has 0 radical (unpaired) electrons. The fraction of sp³-hybridized carbons (Fsp3) is 0.333. The summed E-state index contributed by atoms with van der Waals surface area (Å²) in [6, 6.07) is 4.68. The van der Waals surface area contributed by atoms with Gasteiger partial charge in [-0.1, -0.05) is 13.3 Å². The number of rotatable bonds is 3. The van der Waals surface area contributed by atoms with E-state index in [1.807, 2.05) is 6.92 Å². The van der Waals surface area contributed by atoms with Gasteiger partial charge in [0.1, 0.15) is 0 Å². The summed E-state index contributed by atoms with van der Waals surface area (Å²) in [6.45, 7) is 1.98. The van der Waals surface area contributed by atoms with Crippen LogP contribution in [0.15, 0.2) is 18.2 Å². The molecule has 1 rings (SSSR count). The molecule has 70 valence electrons. The highest BCUT2D eigenvalue weighted by molar-refractivity contribution is 5.51. The lowest BCUT2D eigenvalue weighted by Gasteiger charge is -2.01. The van der Waals surface area contributed by atoms with Gasteiger partial charge in [-0.3, -0.25) is 10.1 Å². The van der Waals surface area contributed by atoms with Crippen LogP contribution in [0.1, 0.15) is 18.9 Å². The van der Waals surface area contributed by atoms with Gasteiger partial charge in [0.15, 0.2) is 0 Å². The first-order valence-corrected chi connectivity index (χ1v) is 4.18. The van der Waals surface area contributed by atoms with E-state index in [4.69, 9.17) is 5.73 Å². The van der Waals surface area contributed by atoms with Gasteiger partial charge >= 0.3 is 0 Å². The van der Waals surface area contributed by atoms with Crippen LogP contribution >= 0.6 is 0 Å². The number of nitro benzene ring substituents is 1. The lowest BCUT2D eigenvalue weighted by Crippen LogP contribution is -1.96. The number of nitrogens with two attached hydrogens (primary N) is 1. The van der Waals surface area contributed by atoms with Gasteiger partial charge in [-0.15, -0.1) is 0 Å². The van der Waals surface area contributed by atoms with E-state index in [0.29, 0.717) is 17.7 Å². The van der Waals surface area contributed by atoms with Gasteiger partial charge in [0.05, 0.1) is 4.92 Å². The first-order chi connectivity index (χ1) is 6.15. The maximum Gasteiger partial charge on any atom is 0.272 e. The Balaban J connectivity index is 3.10. The quantitative estimate of drug-likeness (QED) is 0.440. The summed E-state index contributed by atoms with van der Waals surface area (Å²) < 4.78 is 0. The number of hydrogen-bond donors (Lipinski definition) is 1. The molecule has 0 amide bonds. The number of aryl methyl sites for hydroxylation is 1. The van der Waals surface area contributed by atoms with E-state index < -0.39 is 0 Å². The molecule has 0 aliphatic heterocycles. The van der Waals surface area contributed by atoms with Crippen LogP contribution in [0.4, 0.5) is 11.4 Å². The fourth-order valence-corrected chi connectivity index (χ4v) is 1.25. The SMILES string of the molecule is CCCc1cc(N)ccc1[N+](=O)[O-]. The molecule has 4 heteroatoms. The minimum atomic E-state index is -0.371. The Kier molecular flexibility index (Phi) is 2.84. The van der Waals surface area contributed by atoms with Gasteiger partial charge in [0, 0.05) is 17.3 Å². The molecule has 1 aromatic carbocycles. The van der Waals surface area contributed by atoms with E-state index in [-0.39, 0.29) is 10.6 Å². The smallest absolute Gasteiger partial charge is 0.272 e. The number of anilines is 1. The molecule has 0 heterocycles. The van der Waals surface area contributed by atoms with Crippen molar-refractivity contribution >= 4 is 11.4 Å². The second-order valence-corrected chi connectivity index (χ2v) is 2.90. The third-order valence-corrected chi connectivity index (χ3v) is 1.82. The maximum absolute atomic E-state index is 10.6. The number of nitrogen functional groups attached to an aromatic ring is 1. The van der Waals surface area contributed by atoms with Crippen molar-refractivity contribution in [3.05, 3.63) is 33.9 Å². The normalized spacial score (nSPS) is 9.92. The molecule has 4 nitrogen and oxygen atoms in total. The molecule has 0 aromatic heterocycles. The summed E-state index contributed by atoms with van der Waals surface area (Å²) in [7, 11) is 0. The number of benzene rings is 1. The third kappa shape index (κ3) is 2.18. The van der Waals surface area contributed by atoms with E-state index in [1.54, 1.807) is 12.1 Å². The summed E-state index contributed by atoms with van der Waals surface area (Å²) in [5, 5.41) is 10.6. The monoisotopic (exact) mass is 180 g/mol. The van der Waals surface area contributed by atoms with E-state index in [9.17, 15) is 10.1 Å². The van der Waals surface area contributed by atoms with E-state index in [2.05, 4.69) is 0 Å². The van der Waals surface area contributed by atoms with Gasteiger partial charge in [0.2, 0.25) is 0 Å². The number of hydrogen-bond acceptors (Lipinski definition) is 3. The summed E-state index contributed by atoms with van der Waals surface area (Å²) in [6.07, 6.45) is 1.58. The van der Waals surface area contributed by atoms with Crippen LogP contribution in [-0.2, 0) is 6.42 Å². The van der Waals surface area contributed by atoms with E-state index in [1.165, 1.54) is 6.07 Å². The van der Waals surface area contributed by atoms with Gasteiger partial charge in [0.25, 0.3) is 5.69 Å². The van der Waals surface area contributed by atoms with Gasteiger partial charge in [-0.2, -0.15) is 0 Å². The second-order valence-electron chi connectivity index (χ2n) is 2.90. The van der Waals surface area contributed by atoms with Crippen molar-refractivity contribution < 1.29 is 4.92 Å². The van der Waals surface area contributed by atoms with Gasteiger partial charge in [-0.25, -0.2) is 0 Å². The van der Waals surface area contributed by atoms with Crippen LogP contribution in [0, 0.1) is 10.1 Å². The minimum Gasteiger partial charge on any atom is -0.399 e. The molecule has 0 saturated carbocycles. The Labute approximate surface area is 76.5 Å². The molecule has 0 bridgehead atoms. The molecule has 0 aliphatic rings. The average molecular weight is 180 g/mol. The van der Waals surface area contributed by atoms with Crippen LogP contribution in [0.5, 0.6) is 0 Å². The highest BCUT2D eigenvalue weighted by atomic mass is 16.6. The van der Waals surface area contributed by atoms with E-state index >= 15 is 0 Å². The lowest BCUT2D eigenvalue weighted by molar-refractivity contribution is -0.385. The highest BCUT2D eigenvalue weighted by Crippen LogP contribution is 2.22. The molecule has 0 saturated heterocycles. The molecule has 0 atom stereocenters. The first-order valence-electron chi connectivity index (χ1n) is 4.18. The molecule has 0 unspecified atom stereocenters. The van der Waals surface area contributed by atoms with Crippen LogP contribution in [0.25, 0.3) is 0 Å². The summed E-state index contributed by atoms with van der Waals surface area (Å²) in [5.41, 5.74) is 6.99. The predicted molar refractivity (Wildman–Crippen MR) is 51.5 cm³/mol. The number of nitro groups is 1. The van der Waals surface area contributed by atoms with Crippen LogP contribution < -0.4 is 5.73 Å². The van der Waals surface area contributed by atoms with Crippen LogP contribution in [-0.4, -0.2) is 4.92 Å². The average Bonchev–Trinajstić information content (AvgIpc) is 2.04. The minimum absolute atomic E-state index is 0.163. The summed E-state index contributed by atoms with van der Waals surface area (Å²) in [5.74, 6) is 0. The predicted octanol–water partition coefficient (Wildman–Crippen LogP) is 2.13. The molecular formula is C9H12N2O2. The highest BCUT2D eigenvalue weighted by Gasteiger charge is 2.11. The van der Waals surface area contributed by atoms with Crippen molar-refractivity contribution in [1.82, 2.24) is 0 Å². The first kappa shape index (κ1) is 9.51. The van der Waals surface area contributed by atoms with Crippen molar-refractivity contribution in [3.8, 4) is 0 Å². The molecule has 0 fully saturated rings. The molecule has 0 aliphatic carbocycles. The lowest BCUT2D eigenvalue weighted by atomic mass is 10.1. The Morgan fingerprint density at radius 2 is 2.23 bits per heavy atom. The van der Waals surface area contributed by atoms with Crippen molar-refractivity contribution in [2.75, 3.05) is 5.73 Å². The molecule has 13 heavy (non-hydrogen) atoms. The van der Waals surface area contributed by atoms with Crippen LogP contribution in [0.3, 0.4) is 0 Å². The fourth-order valence-electron chi connectivity index (χ4n) is 1.25. The second kappa shape index (κ2) is 3.89. The summed E-state index contributed by atoms with van der Waals surface area (Å²) >= 11 is 0. The Morgan fingerprint density at radius 1 is 1.54 bits per heavy atom. The van der Waals surface area contributed by atoms with Crippen molar-refractivity contribution in [1.29, 1.82) is 0 Å². The Bertz CT molecular complexity index is 323. The van der Waals surface area contributed by atoms with E-state index in [0.717, 1.165) is 6.42 Å². The van der Waals surface area contributed by atoms with Gasteiger partial charge < -0.3 is 5.73 Å². The van der Waals surface area contributed by atoms with Crippen molar-refractivity contribution in [3.63, 3.8) is 0 Å². The largest absolute Gasteiger partial charge is 0.399 e. The number of nitrogens with zero attached hydrogens (tertiary/aromatic N) is 1. The standard InChI is InChI=1S/C9H12N2O2/c1-2-3-7-6-8(10)4-5-9(7)11(12)13/h4-6H,2-3,10H2,1H3. The van der Waals surface area contributed by atoms with Crippen LogP contribution in [0.2, 0.25) is 0 Å². The maximum atomic E-state index is 10.6. The zero-order chi connectivity index (χ0) is 9.84. The molecule has 2 N–H and O–H groups in total.